The highest BCUT2D eigenvalue weighted by Gasteiger charge is 2.26. The van der Waals surface area contributed by atoms with Gasteiger partial charge in [0.1, 0.15) is 6.04 Å². The van der Waals surface area contributed by atoms with Gasteiger partial charge in [0.25, 0.3) is 0 Å². The smallest absolute Gasteiger partial charge is 0.241 e. The van der Waals surface area contributed by atoms with Gasteiger partial charge in [-0.05, 0) is 48.9 Å². The van der Waals surface area contributed by atoms with Gasteiger partial charge in [0.05, 0.1) is 4.90 Å². The molecule has 8 heteroatoms. The quantitative estimate of drug-likeness (QED) is 0.557. The van der Waals surface area contributed by atoms with E-state index < -0.39 is 16.1 Å². The predicted molar refractivity (Wildman–Crippen MR) is 128 cm³/mol. The van der Waals surface area contributed by atoms with E-state index in [9.17, 15) is 18.0 Å². The molecule has 0 aliphatic carbocycles. The predicted octanol–water partition coefficient (Wildman–Crippen LogP) is 3.13. The molecule has 1 atom stereocenters. The third kappa shape index (κ3) is 7.14. The van der Waals surface area contributed by atoms with Crippen LogP contribution in [-0.2, 0) is 32.7 Å². The van der Waals surface area contributed by atoms with Crippen LogP contribution in [0.3, 0.4) is 0 Å². The van der Waals surface area contributed by atoms with E-state index in [1.54, 1.807) is 24.3 Å². The van der Waals surface area contributed by atoms with Gasteiger partial charge >= 0.3 is 0 Å². The summed E-state index contributed by atoms with van der Waals surface area (Å²) in [5, 5.41) is 2.87. The van der Waals surface area contributed by atoms with E-state index in [1.165, 1.54) is 0 Å². The van der Waals surface area contributed by atoms with Crippen LogP contribution in [0, 0.1) is 12.8 Å². The lowest BCUT2D eigenvalue weighted by molar-refractivity contribution is -0.128. The van der Waals surface area contributed by atoms with Crippen LogP contribution in [0.25, 0.3) is 0 Å². The lowest BCUT2D eigenvalue weighted by Gasteiger charge is -2.20. The number of rotatable bonds is 10. The second-order valence-corrected chi connectivity index (χ2v) is 10.8. The maximum Gasteiger partial charge on any atom is 0.241 e. The van der Waals surface area contributed by atoms with Crippen LogP contribution >= 0.6 is 0 Å². The Morgan fingerprint density at radius 3 is 2.42 bits per heavy atom. The monoisotopic (exact) mass is 471 g/mol. The molecule has 1 saturated heterocycles. The molecule has 7 nitrogen and oxygen atoms in total. The van der Waals surface area contributed by atoms with Crippen LogP contribution in [-0.4, -0.2) is 37.7 Å². The topological polar surface area (TPSA) is 95.6 Å². The maximum atomic E-state index is 12.9. The van der Waals surface area contributed by atoms with Crippen LogP contribution in [0.4, 0.5) is 0 Å². The number of hydrogen-bond acceptors (Lipinski definition) is 4. The van der Waals surface area contributed by atoms with Crippen LogP contribution in [0.5, 0.6) is 0 Å². The first-order valence-electron chi connectivity index (χ1n) is 11.4. The number of nitrogens with one attached hydrogen (secondary N) is 2. The van der Waals surface area contributed by atoms with E-state index in [1.807, 2.05) is 49.9 Å². The molecule has 1 fully saturated rings. The molecule has 0 saturated carbocycles. The molecular weight excluding hydrogens is 438 g/mol. The van der Waals surface area contributed by atoms with Crippen molar-refractivity contribution in [3.8, 4) is 0 Å². The highest BCUT2D eigenvalue weighted by atomic mass is 32.2. The Morgan fingerprint density at radius 2 is 1.79 bits per heavy atom. The van der Waals surface area contributed by atoms with E-state index in [4.69, 9.17) is 0 Å². The zero-order valence-electron chi connectivity index (χ0n) is 19.5. The summed E-state index contributed by atoms with van der Waals surface area (Å²) in [6.07, 6.45) is 1.88. The number of hydrogen-bond donors (Lipinski definition) is 2. The lowest BCUT2D eigenvalue weighted by atomic mass is 10.0. The molecule has 2 aromatic carbocycles. The molecule has 0 unspecified atom stereocenters. The Hall–Kier alpha value is -2.71. The first-order chi connectivity index (χ1) is 15.6. The summed E-state index contributed by atoms with van der Waals surface area (Å²) in [4.78, 5) is 26.8. The van der Waals surface area contributed by atoms with Crippen molar-refractivity contribution < 1.29 is 18.0 Å². The fraction of sp³-hybridized carbons (Fsp3) is 0.440. The second kappa shape index (κ2) is 10.9. The Labute approximate surface area is 196 Å². The minimum atomic E-state index is -3.82. The molecule has 0 spiro atoms. The molecule has 2 aromatic rings. The average molecular weight is 472 g/mol. The number of nitrogens with zero attached hydrogens (tertiary/aromatic N) is 1. The normalized spacial score (nSPS) is 15.2. The molecule has 2 amide bonds. The Balaban J connectivity index is 1.65. The van der Waals surface area contributed by atoms with Crippen molar-refractivity contribution in [2.75, 3.05) is 6.54 Å². The van der Waals surface area contributed by atoms with E-state index >= 15 is 0 Å². The molecule has 2 N–H and O–H groups in total. The summed E-state index contributed by atoms with van der Waals surface area (Å²) in [7, 11) is -3.82. The molecule has 1 heterocycles. The molecule has 1 aliphatic heterocycles. The van der Waals surface area contributed by atoms with E-state index in [-0.39, 0.29) is 29.2 Å². The zero-order valence-corrected chi connectivity index (χ0v) is 20.3. The van der Waals surface area contributed by atoms with E-state index in [0.717, 1.165) is 29.7 Å². The Bertz CT molecular complexity index is 1080. The van der Waals surface area contributed by atoms with Crippen molar-refractivity contribution in [3.05, 3.63) is 65.2 Å². The number of carbonyl (C=O) groups excluding carboxylic acids is 2. The fourth-order valence-corrected chi connectivity index (χ4v) is 5.10. The highest BCUT2D eigenvalue weighted by molar-refractivity contribution is 7.89. The zero-order chi connectivity index (χ0) is 24.0. The summed E-state index contributed by atoms with van der Waals surface area (Å²) in [6, 6.07) is 13.4. The van der Waals surface area contributed by atoms with Crippen molar-refractivity contribution in [1.82, 2.24) is 14.9 Å². The summed E-state index contributed by atoms with van der Waals surface area (Å²) in [5.41, 5.74) is 2.87. The summed E-state index contributed by atoms with van der Waals surface area (Å²) in [6.45, 7) is 7.40. The van der Waals surface area contributed by atoms with E-state index in [0.29, 0.717) is 19.4 Å². The number of sulfonamides is 1. The number of amides is 2. The largest absolute Gasteiger partial charge is 0.351 e. The van der Waals surface area contributed by atoms with Crippen molar-refractivity contribution in [1.29, 1.82) is 0 Å². The van der Waals surface area contributed by atoms with Gasteiger partial charge in [-0.15, -0.1) is 0 Å². The lowest BCUT2D eigenvalue weighted by Crippen LogP contribution is -2.47. The van der Waals surface area contributed by atoms with Crippen LogP contribution in [0.1, 0.15) is 49.8 Å². The number of benzene rings is 2. The molecule has 0 aromatic heterocycles. The van der Waals surface area contributed by atoms with E-state index in [2.05, 4.69) is 10.0 Å². The molecule has 3 rings (SSSR count). The molecule has 178 valence electrons. The van der Waals surface area contributed by atoms with Gasteiger partial charge in [0.15, 0.2) is 0 Å². The van der Waals surface area contributed by atoms with Crippen molar-refractivity contribution in [2.45, 2.75) is 64.1 Å². The third-order valence-electron chi connectivity index (χ3n) is 5.66. The van der Waals surface area contributed by atoms with Gasteiger partial charge in [0.2, 0.25) is 21.8 Å². The number of carbonyl (C=O) groups is 2. The molecule has 1 aliphatic rings. The van der Waals surface area contributed by atoms with Gasteiger partial charge in [-0.25, -0.2) is 8.42 Å². The van der Waals surface area contributed by atoms with Crippen LogP contribution < -0.4 is 10.0 Å². The van der Waals surface area contributed by atoms with Crippen molar-refractivity contribution in [2.24, 2.45) is 5.92 Å². The Morgan fingerprint density at radius 1 is 1.09 bits per heavy atom. The molecule has 0 radical (unpaired) electrons. The SMILES string of the molecule is Cc1ccc(S(=O)(=O)N[C@@H](CC(C)C)C(=O)NCc2cccc(CN3CCCC3=O)c2)cc1. The van der Waals surface area contributed by atoms with Crippen LogP contribution in [0.2, 0.25) is 0 Å². The molecular formula is C25H33N3O4S. The average Bonchev–Trinajstić information content (AvgIpc) is 3.16. The molecule has 0 bridgehead atoms. The fourth-order valence-electron chi connectivity index (χ4n) is 3.89. The van der Waals surface area contributed by atoms with Gasteiger partial charge in [-0.3, -0.25) is 9.59 Å². The molecule has 33 heavy (non-hydrogen) atoms. The first-order valence-corrected chi connectivity index (χ1v) is 12.8. The summed E-state index contributed by atoms with van der Waals surface area (Å²) >= 11 is 0. The number of likely N-dealkylation sites (tertiary alicyclic amines) is 1. The number of aryl methyl sites for hydroxylation is 1. The second-order valence-electron chi connectivity index (χ2n) is 9.07. The minimum Gasteiger partial charge on any atom is -0.351 e. The summed E-state index contributed by atoms with van der Waals surface area (Å²) in [5.74, 6) is -0.0617. The highest BCUT2D eigenvalue weighted by Crippen LogP contribution is 2.16. The van der Waals surface area contributed by atoms with Gasteiger partial charge < -0.3 is 10.2 Å². The van der Waals surface area contributed by atoms with Crippen molar-refractivity contribution in [3.63, 3.8) is 0 Å². The Kier molecular flexibility index (Phi) is 8.26. The summed E-state index contributed by atoms with van der Waals surface area (Å²) < 4.78 is 28.2. The maximum absolute atomic E-state index is 12.9. The minimum absolute atomic E-state index is 0.128. The third-order valence-corrected chi connectivity index (χ3v) is 7.14. The van der Waals surface area contributed by atoms with Gasteiger partial charge in [0, 0.05) is 26.1 Å². The van der Waals surface area contributed by atoms with Gasteiger partial charge in [-0.2, -0.15) is 4.72 Å². The standard InChI is InChI=1S/C25H33N3O4S/c1-18(2)14-23(27-33(31,32)22-11-9-19(3)10-12-22)25(30)26-16-20-6-4-7-21(15-20)17-28-13-5-8-24(28)29/h4,6-7,9-12,15,18,23,27H,5,8,13-14,16-17H2,1-3H3,(H,26,30)/t23-/m0/s1. The first kappa shape index (κ1) is 24.9. The van der Waals surface area contributed by atoms with Gasteiger partial charge in [-0.1, -0.05) is 55.8 Å². The van der Waals surface area contributed by atoms with Crippen LogP contribution in [0.15, 0.2) is 53.4 Å². The van der Waals surface area contributed by atoms with Crippen molar-refractivity contribution >= 4 is 21.8 Å².